The van der Waals surface area contributed by atoms with Gasteiger partial charge in [-0.05, 0) is 36.5 Å². The van der Waals surface area contributed by atoms with Gasteiger partial charge in [-0.25, -0.2) is 4.79 Å². The van der Waals surface area contributed by atoms with Crippen LogP contribution >= 0.6 is 11.6 Å². The van der Waals surface area contributed by atoms with Gasteiger partial charge in [-0.1, -0.05) is 48.0 Å². The third-order valence-corrected chi connectivity index (χ3v) is 6.84. The predicted octanol–water partition coefficient (Wildman–Crippen LogP) is 2.95. The molecule has 1 atom stereocenters. The maximum atomic E-state index is 12.9. The quantitative estimate of drug-likeness (QED) is 0.655. The summed E-state index contributed by atoms with van der Waals surface area (Å²) in [5.41, 5.74) is 0.584. The largest absolute Gasteiger partial charge is 0.496 e. The average molecular weight is 456 g/mol. The minimum Gasteiger partial charge on any atom is -0.496 e. The molecule has 7 nitrogen and oxygen atoms in total. The van der Waals surface area contributed by atoms with Gasteiger partial charge < -0.3 is 15.0 Å². The van der Waals surface area contributed by atoms with Crippen LogP contribution in [0.25, 0.3) is 0 Å². The van der Waals surface area contributed by atoms with Gasteiger partial charge in [-0.3, -0.25) is 14.9 Å². The SMILES string of the molecule is COc1ccccc1CC(=O)N1CCC(C2(Cc3ccccc3Cl)NC(=O)NC2=O)CC1. The summed E-state index contributed by atoms with van der Waals surface area (Å²) >= 11 is 6.35. The van der Waals surface area contributed by atoms with Gasteiger partial charge in [0.1, 0.15) is 11.3 Å². The second-order valence-corrected chi connectivity index (χ2v) is 8.70. The molecule has 32 heavy (non-hydrogen) atoms. The summed E-state index contributed by atoms with van der Waals surface area (Å²) in [5, 5.41) is 5.84. The molecule has 2 heterocycles. The molecule has 2 aromatic rings. The molecule has 2 saturated heterocycles. The number of para-hydroxylation sites is 1. The van der Waals surface area contributed by atoms with Crippen LogP contribution in [0, 0.1) is 5.92 Å². The smallest absolute Gasteiger partial charge is 0.322 e. The Morgan fingerprint density at radius 3 is 2.38 bits per heavy atom. The van der Waals surface area contributed by atoms with Crippen molar-refractivity contribution in [1.29, 1.82) is 0 Å². The van der Waals surface area contributed by atoms with Crippen molar-refractivity contribution in [1.82, 2.24) is 15.5 Å². The monoisotopic (exact) mass is 455 g/mol. The molecular formula is C24H26ClN3O4. The van der Waals surface area contributed by atoms with Crippen molar-refractivity contribution < 1.29 is 19.1 Å². The van der Waals surface area contributed by atoms with Crippen LogP contribution in [-0.4, -0.2) is 48.5 Å². The molecule has 2 fully saturated rings. The number of ether oxygens (including phenoxy) is 1. The van der Waals surface area contributed by atoms with Crippen LogP contribution in [0.2, 0.25) is 5.02 Å². The number of carbonyl (C=O) groups excluding carboxylic acids is 3. The Labute approximate surface area is 192 Å². The van der Waals surface area contributed by atoms with Gasteiger partial charge in [0.15, 0.2) is 0 Å². The lowest BCUT2D eigenvalue weighted by atomic mass is 9.74. The van der Waals surface area contributed by atoms with Crippen LogP contribution in [0.3, 0.4) is 0 Å². The first-order chi connectivity index (χ1) is 15.4. The molecule has 1 unspecified atom stereocenters. The number of urea groups is 1. The van der Waals surface area contributed by atoms with Crippen molar-refractivity contribution in [3.05, 3.63) is 64.7 Å². The second-order valence-electron chi connectivity index (χ2n) is 8.29. The molecule has 0 radical (unpaired) electrons. The number of carbonyl (C=O) groups is 3. The molecule has 2 aromatic carbocycles. The third-order valence-electron chi connectivity index (χ3n) is 6.47. The van der Waals surface area contributed by atoms with Gasteiger partial charge in [0.05, 0.1) is 13.5 Å². The maximum absolute atomic E-state index is 12.9. The normalized spacial score (nSPS) is 21.2. The molecule has 2 aliphatic rings. The summed E-state index contributed by atoms with van der Waals surface area (Å²) in [7, 11) is 1.59. The summed E-state index contributed by atoms with van der Waals surface area (Å²) in [6.45, 7) is 1.04. The summed E-state index contributed by atoms with van der Waals surface area (Å²) in [5.74, 6) is 0.273. The van der Waals surface area contributed by atoms with Gasteiger partial charge in [0.25, 0.3) is 5.91 Å². The number of benzene rings is 2. The van der Waals surface area contributed by atoms with E-state index in [1.807, 2.05) is 47.4 Å². The van der Waals surface area contributed by atoms with Crippen molar-refractivity contribution in [3.8, 4) is 5.75 Å². The van der Waals surface area contributed by atoms with E-state index in [4.69, 9.17) is 16.3 Å². The number of nitrogens with zero attached hydrogens (tertiary/aromatic N) is 1. The molecule has 8 heteroatoms. The number of rotatable bonds is 6. The Hall–Kier alpha value is -3.06. The van der Waals surface area contributed by atoms with Crippen molar-refractivity contribution in [2.24, 2.45) is 5.92 Å². The minimum atomic E-state index is -1.07. The van der Waals surface area contributed by atoms with E-state index in [2.05, 4.69) is 10.6 Å². The zero-order valence-electron chi connectivity index (χ0n) is 17.9. The Morgan fingerprint density at radius 2 is 1.75 bits per heavy atom. The third kappa shape index (κ3) is 4.30. The van der Waals surface area contributed by atoms with Gasteiger partial charge >= 0.3 is 6.03 Å². The number of hydrogen-bond donors (Lipinski definition) is 2. The molecule has 0 bridgehead atoms. The van der Waals surface area contributed by atoms with Crippen LogP contribution in [0.4, 0.5) is 4.79 Å². The Balaban J connectivity index is 1.47. The lowest BCUT2D eigenvalue weighted by molar-refractivity contribution is -0.133. The van der Waals surface area contributed by atoms with E-state index in [1.165, 1.54) is 0 Å². The second kappa shape index (κ2) is 9.20. The lowest BCUT2D eigenvalue weighted by Crippen LogP contribution is -2.58. The maximum Gasteiger partial charge on any atom is 0.322 e. The van der Waals surface area contributed by atoms with Gasteiger partial charge in [0, 0.05) is 30.1 Å². The first-order valence-electron chi connectivity index (χ1n) is 10.7. The molecule has 0 aliphatic carbocycles. The van der Waals surface area contributed by atoms with Crippen LogP contribution in [0.15, 0.2) is 48.5 Å². The Morgan fingerprint density at radius 1 is 1.09 bits per heavy atom. The molecule has 2 N–H and O–H groups in total. The highest BCUT2D eigenvalue weighted by molar-refractivity contribution is 6.31. The highest BCUT2D eigenvalue weighted by atomic mass is 35.5. The predicted molar refractivity (Wildman–Crippen MR) is 121 cm³/mol. The van der Waals surface area contributed by atoms with E-state index < -0.39 is 11.6 Å². The molecule has 0 spiro atoms. The van der Waals surface area contributed by atoms with Crippen LogP contribution in [-0.2, 0) is 22.4 Å². The zero-order valence-corrected chi connectivity index (χ0v) is 18.7. The zero-order chi connectivity index (χ0) is 22.7. The molecule has 0 saturated carbocycles. The van der Waals surface area contributed by atoms with Crippen LogP contribution < -0.4 is 15.4 Å². The molecule has 0 aromatic heterocycles. The number of hydrogen-bond acceptors (Lipinski definition) is 4. The minimum absolute atomic E-state index is 0.0213. The number of methoxy groups -OCH3 is 1. The molecule has 2 aliphatic heterocycles. The van der Waals surface area contributed by atoms with Gasteiger partial charge in [0.2, 0.25) is 5.91 Å². The van der Waals surface area contributed by atoms with Crippen molar-refractivity contribution in [2.75, 3.05) is 20.2 Å². The highest BCUT2D eigenvalue weighted by Crippen LogP contribution is 2.35. The highest BCUT2D eigenvalue weighted by Gasteiger charge is 2.52. The number of halogens is 1. The molecule has 4 amide bonds. The van der Waals surface area contributed by atoms with Crippen LogP contribution in [0.1, 0.15) is 24.0 Å². The first-order valence-corrected chi connectivity index (χ1v) is 11.1. The first kappa shape index (κ1) is 22.1. The summed E-state index contributed by atoms with van der Waals surface area (Å²) in [6.07, 6.45) is 1.78. The standard InChI is InChI=1S/C24H26ClN3O4/c1-32-20-9-5-3-6-16(20)14-21(29)28-12-10-18(11-13-28)24(22(30)26-23(31)27-24)15-17-7-2-4-8-19(17)25/h2-9,18H,10-15H2,1H3,(H2,26,27,30,31). The number of piperidine rings is 1. The van der Waals surface area contributed by atoms with Crippen molar-refractivity contribution in [2.45, 2.75) is 31.2 Å². The lowest BCUT2D eigenvalue weighted by Gasteiger charge is -2.41. The summed E-state index contributed by atoms with van der Waals surface area (Å²) in [4.78, 5) is 39.7. The number of imide groups is 1. The van der Waals surface area contributed by atoms with Crippen molar-refractivity contribution >= 4 is 29.4 Å². The fourth-order valence-electron chi connectivity index (χ4n) is 4.75. The molecule has 168 valence electrons. The Bertz CT molecular complexity index is 1040. The number of nitrogens with one attached hydrogen (secondary N) is 2. The van der Waals surface area contributed by atoms with E-state index >= 15 is 0 Å². The molecular weight excluding hydrogens is 430 g/mol. The van der Waals surface area contributed by atoms with Gasteiger partial charge in [-0.15, -0.1) is 0 Å². The van der Waals surface area contributed by atoms with Crippen molar-refractivity contribution in [3.63, 3.8) is 0 Å². The van der Waals surface area contributed by atoms with Crippen LogP contribution in [0.5, 0.6) is 5.75 Å². The fraction of sp³-hybridized carbons (Fsp3) is 0.375. The van der Waals surface area contributed by atoms with E-state index in [-0.39, 0.29) is 24.2 Å². The molecule has 4 rings (SSSR count). The van der Waals surface area contributed by atoms with E-state index in [1.54, 1.807) is 13.2 Å². The summed E-state index contributed by atoms with van der Waals surface area (Å²) < 4.78 is 5.35. The fourth-order valence-corrected chi connectivity index (χ4v) is 4.95. The number of likely N-dealkylation sites (tertiary alicyclic amines) is 1. The van der Waals surface area contributed by atoms with E-state index in [9.17, 15) is 14.4 Å². The average Bonchev–Trinajstić information content (AvgIpc) is 3.09. The summed E-state index contributed by atoms with van der Waals surface area (Å²) in [6, 6.07) is 14.3. The van der Waals surface area contributed by atoms with Gasteiger partial charge in [-0.2, -0.15) is 0 Å². The Kier molecular flexibility index (Phi) is 6.37. The van der Waals surface area contributed by atoms with E-state index in [0.717, 1.165) is 11.1 Å². The topological polar surface area (TPSA) is 87.7 Å². The number of amides is 4. The van der Waals surface area contributed by atoms with E-state index in [0.29, 0.717) is 43.1 Å².